The minimum absolute atomic E-state index is 0.107. The van der Waals surface area contributed by atoms with Gasteiger partial charge in [-0.2, -0.15) is 5.26 Å². The van der Waals surface area contributed by atoms with Gasteiger partial charge >= 0.3 is 0 Å². The molecule has 0 heterocycles. The summed E-state index contributed by atoms with van der Waals surface area (Å²) in [5.41, 5.74) is 1.12. The van der Waals surface area contributed by atoms with Crippen molar-refractivity contribution in [2.75, 3.05) is 12.4 Å². The van der Waals surface area contributed by atoms with Crippen molar-refractivity contribution in [3.63, 3.8) is 0 Å². The van der Waals surface area contributed by atoms with Crippen LogP contribution in [0.15, 0.2) is 29.8 Å². The average molecular weight is 393 g/mol. The smallest absolute Gasteiger partial charge is 0.266 e. The van der Waals surface area contributed by atoms with Gasteiger partial charge in [0, 0.05) is 11.1 Å². The molecule has 0 aliphatic rings. The first-order chi connectivity index (χ1) is 12.3. The fourth-order valence-corrected chi connectivity index (χ4v) is 2.50. The second-order valence-electron chi connectivity index (χ2n) is 5.30. The van der Waals surface area contributed by atoms with Gasteiger partial charge in [-0.3, -0.25) is 4.79 Å². The van der Waals surface area contributed by atoms with Gasteiger partial charge in [0.1, 0.15) is 17.4 Å². The van der Waals surface area contributed by atoms with E-state index in [-0.39, 0.29) is 16.2 Å². The molecule has 0 aromatic heterocycles. The number of anilines is 1. The van der Waals surface area contributed by atoms with Gasteiger partial charge in [0.05, 0.1) is 17.8 Å². The number of nitriles is 1. The largest absolute Gasteiger partial charge is 0.504 e. The van der Waals surface area contributed by atoms with Crippen LogP contribution in [0.2, 0.25) is 10.0 Å². The van der Waals surface area contributed by atoms with Crippen LogP contribution >= 0.6 is 23.2 Å². The van der Waals surface area contributed by atoms with E-state index in [9.17, 15) is 20.3 Å². The predicted molar refractivity (Wildman–Crippen MR) is 99.7 cm³/mol. The molecule has 0 fully saturated rings. The Hall–Kier alpha value is -2.88. The third-order valence-electron chi connectivity index (χ3n) is 3.47. The number of benzene rings is 2. The topological polar surface area (TPSA) is 103 Å². The zero-order chi connectivity index (χ0) is 19.4. The van der Waals surface area contributed by atoms with Crippen molar-refractivity contribution in [2.24, 2.45) is 0 Å². The van der Waals surface area contributed by atoms with Crippen molar-refractivity contribution in [1.29, 1.82) is 5.26 Å². The molecule has 6 nitrogen and oxygen atoms in total. The molecule has 134 valence electrons. The first kappa shape index (κ1) is 19.4. The van der Waals surface area contributed by atoms with E-state index < -0.39 is 17.4 Å². The molecule has 2 aromatic rings. The summed E-state index contributed by atoms with van der Waals surface area (Å²) in [6.07, 6.45) is 1.23. The molecule has 0 aliphatic heterocycles. The number of halogens is 2. The summed E-state index contributed by atoms with van der Waals surface area (Å²) in [5.74, 6) is -1.28. The highest BCUT2D eigenvalue weighted by Gasteiger charge is 2.15. The summed E-state index contributed by atoms with van der Waals surface area (Å²) in [5, 5.41) is 31.3. The first-order valence-corrected chi connectivity index (χ1v) is 8.01. The van der Waals surface area contributed by atoms with Crippen molar-refractivity contribution >= 4 is 40.9 Å². The van der Waals surface area contributed by atoms with E-state index in [0.717, 1.165) is 5.56 Å². The van der Waals surface area contributed by atoms with E-state index in [0.29, 0.717) is 16.5 Å². The molecular formula is C18H14Cl2N2O4. The third-order valence-corrected chi connectivity index (χ3v) is 4.17. The van der Waals surface area contributed by atoms with Crippen molar-refractivity contribution in [1.82, 2.24) is 0 Å². The molecule has 0 atom stereocenters. The molecule has 26 heavy (non-hydrogen) atoms. The van der Waals surface area contributed by atoms with Crippen LogP contribution in [0.1, 0.15) is 11.1 Å². The van der Waals surface area contributed by atoms with Crippen LogP contribution in [0.5, 0.6) is 17.2 Å². The second kappa shape index (κ2) is 8.00. The number of methoxy groups -OCH3 is 1. The Labute approximate surface area is 159 Å². The van der Waals surface area contributed by atoms with Crippen LogP contribution in [0.4, 0.5) is 5.69 Å². The Morgan fingerprint density at radius 1 is 1.23 bits per heavy atom. The second-order valence-corrected chi connectivity index (χ2v) is 6.11. The Balaban J connectivity index is 2.36. The lowest BCUT2D eigenvalue weighted by Gasteiger charge is -2.12. The number of phenolic OH excluding ortho intramolecular Hbond substituents is 2. The van der Waals surface area contributed by atoms with Gasteiger partial charge in [-0.05, 0) is 42.3 Å². The zero-order valence-electron chi connectivity index (χ0n) is 13.8. The van der Waals surface area contributed by atoms with Crippen LogP contribution in [0.3, 0.4) is 0 Å². The number of phenols is 2. The van der Waals surface area contributed by atoms with Crippen LogP contribution in [-0.4, -0.2) is 23.2 Å². The number of nitrogens with zero attached hydrogens (tertiary/aromatic N) is 1. The van der Waals surface area contributed by atoms with Crippen LogP contribution in [0.25, 0.3) is 6.08 Å². The lowest BCUT2D eigenvalue weighted by atomic mass is 10.1. The Kier molecular flexibility index (Phi) is 5.98. The van der Waals surface area contributed by atoms with E-state index in [4.69, 9.17) is 27.9 Å². The number of aryl methyl sites for hydroxylation is 1. The molecule has 2 aromatic carbocycles. The van der Waals surface area contributed by atoms with Gasteiger partial charge < -0.3 is 20.3 Å². The average Bonchev–Trinajstić information content (AvgIpc) is 2.60. The maximum absolute atomic E-state index is 12.4. The molecule has 8 heteroatoms. The number of amides is 1. The monoisotopic (exact) mass is 392 g/mol. The Bertz CT molecular complexity index is 926. The highest BCUT2D eigenvalue weighted by Crippen LogP contribution is 2.35. The summed E-state index contributed by atoms with van der Waals surface area (Å²) in [6, 6.07) is 7.45. The van der Waals surface area contributed by atoms with Crippen molar-refractivity contribution in [3.05, 3.63) is 51.0 Å². The third kappa shape index (κ3) is 4.20. The molecule has 3 N–H and O–H groups in total. The number of ether oxygens (including phenoxy) is 1. The van der Waals surface area contributed by atoms with Crippen LogP contribution < -0.4 is 10.1 Å². The van der Waals surface area contributed by atoms with Gasteiger partial charge in [0.25, 0.3) is 5.91 Å². The van der Waals surface area contributed by atoms with E-state index in [1.54, 1.807) is 25.1 Å². The SMILES string of the molecule is COc1cc(Cl)c(C)cc1NC(=O)/C(C#N)=C/c1cc(O)c(O)c(Cl)c1. The first-order valence-electron chi connectivity index (χ1n) is 7.25. The van der Waals surface area contributed by atoms with Crippen molar-refractivity contribution < 1.29 is 19.7 Å². The molecule has 0 bridgehead atoms. The molecule has 1 amide bonds. The van der Waals surface area contributed by atoms with Crippen molar-refractivity contribution in [3.8, 4) is 23.3 Å². The number of carbonyl (C=O) groups is 1. The standard InChI is InChI=1S/C18H14Cl2N2O4/c1-9-3-14(16(26-2)7-12(9)19)22-18(25)11(8-21)4-10-5-13(20)17(24)15(23)6-10/h3-7,23-24H,1-2H3,(H,22,25)/b11-4+. The Morgan fingerprint density at radius 2 is 1.92 bits per heavy atom. The highest BCUT2D eigenvalue weighted by atomic mass is 35.5. The molecule has 0 saturated heterocycles. The normalized spacial score (nSPS) is 11.0. The molecule has 0 spiro atoms. The molecule has 0 radical (unpaired) electrons. The van der Waals surface area contributed by atoms with Crippen LogP contribution in [-0.2, 0) is 4.79 Å². The lowest BCUT2D eigenvalue weighted by molar-refractivity contribution is -0.112. The molecule has 0 saturated carbocycles. The van der Waals surface area contributed by atoms with Gasteiger partial charge in [-0.15, -0.1) is 0 Å². The quantitative estimate of drug-likeness (QED) is 0.409. The number of carbonyl (C=O) groups excluding carboxylic acids is 1. The van der Waals surface area contributed by atoms with Crippen molar-refractivity contribution in [2.45, 2.75) is 6.92 Å². The number of nitrogens with one attached hydrogen (secondary N) is 1. The lowest BCUT2D eigenvalue weighted by Crippen LogP contribution is -2.14. The van der Waals surface area contributed by atoms with E-state index in [1.165, 1.54) is 25.3 Å². The maximum Gasteiger partial charge on any atom is 0.266 e. The van der Waals surface area contributed by atoms with E-state index in [2.05, 4.69) is 5.32 Å². The van der Waals surface area contributed by atoms with Gasteiger partial charge in [0.15, 0.2) is 11.5 Å². The molecular weight excluding hydrogens is 379 g/mol. The summed E-state index contributed by atoms with van der Waals surface area (Å²) in [6.45, 7) is 1.76. The fraction of sp³-hybridized carbons (Fsp3) is 0.111. The zero-order valence-corrected chi connectivity index (χ0v) is 15.3. The number of hydrogen-bond acceptors (Lipinski definition) is 5. The molecule has 0 aliphatic carbocycles. The van der Waals surface area contributed by atoms with Crippen LogP contribution in [0, 0.1) is 18.3 Å². The number of rotatable bonds is 4. The fourth-order valence-electron chi connectivity index (χ4n) is 2.12. The maximum atomic E-state index is 12.4. The summed E-state index contributed by atoms with van der Waals surface area (Å²) < 4.78 is 5.18. The highest BCUT2D eigenvalue weighted by molar-refractivity contribution is 6.32. The van der Waals surface area contributed by atoms with E-state index in [1.807, 2.05) is 0 Å². The summed E-state index contributed by atoms with van der Waals surface area (Å²) in [4.78, 5) is 12.4. The summed E-state index contributed by atoms with van der Waals surface area (Å²) >= 11 is 11.8. The Morgan fingerprint density at radius 3 is 2.50 bits per heavy atom. The molecule has 0 unspecified atom stereocenters. The van der Waals surface area contributed by atoms with E-state index >= 15 is 0 Å². The van der Waals surface area contributed by atoms with Gasteiger partial charge in [0.2, 0.25) is 0 Å². The number of aromatic hydroxyl groups is 2. The summed E-state index contributed by atoms with van der Waals surface area (Å²) in [7, 11) is 1.43. The predicted octanol–water partition coefficient (Wildman–Crippen LogP) is 4.27. The van der Waals surface area contributed by atoms with Gasteiger partial charge in [-0.25, -0.2) is 0 Å². The van der Waals surface area contributed by atoms with Gasteiger partial charge in [-0.1, -0.05) is 23.2 Å². The minimum Gasteiger partial charge on any atom is -0.504 e. The minimum atomic E-state index is -0.684. The number of hydrogen-bond donors (Lipinski definition) is 3. The molecule has 2 rings (SSSR count).